The minimum atomic E-state index is -0.162. The summed E-state index contributed by atoms with van der Waals surface area (Å²) in [7, 11) is 0. The molecule has 3 heteroatoms. The molecule has 2 aliphatic rings. The summed E-state index contributed by atoms with van der Waals surface area (Å²) in [6.45, 7) is 11.6. The number of piperidine rings is 1. The molecule has 0 spiro atoms. The molecule has 1 N–H and O–H groups in total. The highest BCUT2D eigenvalue weighted by Crippen LogP contribution is 2.33. The van der Waals surface area contributed by atoms with Crippen LogP contribution < -0.4 is 5.32 Å². The molecule has 0 aromatic rings. The molecule has 1 amide bonds. The summed E-state index contributed by atoms with van der Waals surface area (Å²) in [6, 6.07) is 0.399. The van der Waals surface area contributed by atoms with Crippen molar-refractivity contribution in [2.75, 3.05) is 19.6 Å². The van der Waals surface area contributed by atoms with Crippen LogP contribution in [-0.4, -0.2) is 36.5 Å². The lowest BCUT2D eigenvalue weighted by atomic mass is 9.82. The Morgan fingerprint density at radius 2 is 2.06 bits per heavy atom. The average Bonchev–Trinajstić information content (AvgIpc) is 2.71. The van der Waals surface area contributed by atoms with Crippen molar-refractivity contribution in [3.63, 3.8) is 0 Å². The second kappa shape index (κ2) is 4.60. The van der Waals surface area contributed by atoms with E-state index in [-0.39, 0.29) is 5.41 Å². The molecule has 0 saturated carbocycles. The third-order valence-electron chi connectivity index (χ3n) is 4.74. The summed E-state index contributed by atoms with van der Waals surface area (Å²) < 4.78 is 0. The van der Waals surface area contributed by atoms with Gasteiger partial charge in [-0.3, -0.25) is 4.79 Å². The van der Waals surface area contributed by atoms with E-state index in [0.717, 1.165) is 26.1 Å². The summed E-state index contributed by atoms with van der Waals surface area (Å²) in [4.78, 5) is 14.9. The van der Waals surface area contributed by atoms with Crippen molar-refractivity contribution in [3.05, 3.63) is 0 Å². The zero-order valence-electron chi connectivity index (χ0n) is 11.6. The van der Waals surface area contributed by atoms with Crippen molar-refractivity contribution in [1.29, 1.82) is 0 Å². The van der Waals surface area contributed by atoms with Crippen molar-refractivity contribution in [2.45, 2.75) is 46.6 Å². The maximum Gasteiger partial charge on any atom is 0.230 e. The number of amides is 1. The van der Waals surface area contributed by atoms with Crippen molar-refractivity contribution in [1.82, 2.24) is 10.2 Å². The summed E-state index contributed by atoms with van der Waals surface area (Å²) in [5.41, 5.74) is -0.162. The van der Waals surface area contributed by atoms with Crippen LogP contribution in [-0.2, 0) is 4.79 Å². The average molecular weight is 238 g/mol. The van der Waals surface area contributed by atoms with Crippen LogP contribution in [0.1, 0.15) is 40.5 Å². The predicted molar refractivity (Wildman–Crippen MR) is 69.7 cm³/mol. The van der Waals surface area contributed by atoms with Gasteiger partial charge in [0.05, 0.1) is 5.41 Å². The fourth-order valence-electron chi connectivity index (χ4n) is 3.33. The van der Waals surface area contributed by atoms with E-state index in [1.54, 1.807) is 0 Å². The van der Waals surface area contributed by atoms with Crippen molar-refractivity contribution in [2.24, 2.45) is 17.3 Å². The highest BCUT2D eigenvalue weighted by Gasteiger charge is 2.43. The van der Waals surface area contributed by atoms with E-state index in [1.807, 2.05) is 0 Å². The van der Waals surface area contributed by atoms with E-state index in [0.29, 0.717) is 23.8 Å². The van der Waals surface area contributed by atoms with Gasteiger partial charge in [-0.05, 0) is 45.1 Å². The minimum absolute atomic E-state index is 0.162. The summed E-state index contributed by atoms with van der Waals surface area (Å²) in [5, 5.41) is 3.32. The first-order valence-corrected chi connectivity index (χ1v) is 6.96. The zero-order valence-corrected chi connectivity index (χ0v) is 11.6. The first-order chi connectivity index (χ1) is 7.94. The van der Waals surface area contributed by atoms with Gasteiger partial charge in [0.1, 0.15) is 0 Å². The third kappa shape index (κ3) is 2.35. The van der Waals surface area contributed by atoms with E-state index < -0.39 is 0 Å². The number of hydrogen-bond donors (Lipinski definition) is 1. The van der Waals surface area contributed by atoms with Gasteiger partial charge in [-0.1, -0.05) is 13.8 Å². The molecule has 2 aliphatic heterocycles. The van der Waals surface area contributed by atoms with Crippen LogP contribution in [0.25, 0.3) is 0 Å². The molecule has 4 unspecified atom stereocenters. The van der Waals surface area contributed by atoms with Gasteiger partial charge in [-0.25, -0.2) is 0 Å². The van der Waals surface area contributed by atoms with E-state index >= 15 is 0 Å². The Hall–Kier alpha value is -0.570. The highest BCUT2D eigenvalue weighted by molar-refractivity contribution is 5.83. The quantitative estimate of drug-likeness (QED) is 0.756. The SMILES string of the molecule is CC1CC(C)C(C)N(C(=O)C2(C)CCNC2)C1. The lowest BCUT2D eigenvalue weighted by Gasteiger charge is -2.44. The summed E-state index contributed by atoms with van der Waals surface area (Å²) in [6.07, 6.45) is 2.23. The Morgan fingerprint density at radius 3 is 2.65 bits per heavy atom. The fraction of sp³-hybridized carbons (Fsp3) is 0.929. The first-order valence-electron chi connectivity index (χ1n) is 6.96. The molecular formula is C14H26N2O. The van der Waals surface area contributed by atoms with Crippen molar-refractivity contribution >= 4 is 5.91 Å². The zero-order chi connectivity index (χ0) is 12.6. The Morgan fingerprint density at radius 1 is 1.35 bits per heavy atom. The minimum Gasteiger partial charge on any atom is -0.339 e. The second-order valence-electron chi connectivity index (χ2n) is 6.50. The van der Waals surface area contributed by atoms with E-state index in [1.165, 1.54) is 6.42 Å². The Balaban J connectivity index is 2.12. The molecule has 2 saturated heterocycles. The summed E-state index contributed by atoms with van der Waals surface area (Å²) >= 11 is 0. The van der Waals surface area contributed by atoms with Gasteiger partial charge in [0.25, 0.3) is 0 Å². The van der Waals surface area contributed by atoms with Gasteiger partial charge in [0, 0.05) is 19.1 Å². The largest absolute Gasteiger partial charge is 0.339 e. The van der Waals surface area contributed by atoms with Crippen LogP contribution in [0.15, 0.2) is 0 Å². The number of hydrogen-bond acceptors (Lipinski definition) is 2. The molecule has 0 radical (unpaired) electrons. The van der Waals surface area contributed by atoms with E-state index in [4.69, 9.17) is 0 Å². The summed E-state index contributed by atoms with van der Waals surface area (Å²) in [5.74, 6) is 1.64. The topological polar surface area (TPSA) is 32.3 Å². The molecule has 2 fully saturated rings. The lowest BCUT2D eigenvalue weighted by molar-refractivity contribution is -0.146. The molecule has 0 aromatic heterocycles. The van der Waals surface area contributed by atoms with Crippen LogP contribution in [0.4, 0.5) is 0 Å². The highest BCUT2D eigenvalue weighted by atomic mass is 16.2. The number of carbonyl (C=O) groups excluding carboxylic acids is 1. The second-order valence-corrected chi connectivity index (χ2v) is 6.50. The van der Waals surface area contributed by atoms with Gasteiger partial charge in [-0.2, -0.15) is 0 Å². The molecule has 0 aromatic carbocycles. The number of carbonyl (C=O) groups is 1. The molecule has 2 rings (SSSR count). The van der Waals surface area contributed by atoms with Crippen LogP contribution in [0, 0.1) is 17.3 Å². The van der Waals surface area contributed by atoms with Gasteiger partial charge in [-0.15, -0.1) is 0 Å². The van der Waals surface area contributed by atoms with Gasteiger partial charge < -0.3 is 10.2 Å². The van der Waals surface area contributed by atoms with Crippen LogP contribution >= 0.6 is 0 Å². The molecule has 4 atom stereocenters. The van der Waals surface area contributed by atoms with Crippen LogP contribution in [0.5, 0.6) is 0 Å². The Bertz CT molecular complexity index is 297. The van der Waals surface area contributed by atoms with Crippen LogP contribution in [0.2, 0.25) is 0 Å². The van der Waals surface area contributed by atoms with Gasteiger partial charge in [0.2, 0.25) is 5.91 Å². The van der Waals surface area contributed by atoms with Crippen molar-refractivity contribution < 1.29 is 4.79 Å². The van der Waals surface area contributed by atoms with Crippen LogP contribution in [0.3, 0.4) is 0 Å². The Labute approximate surface area is 105 Å². The molecule has 0 aliphatic carbocycles. The predicted octanol–water partition coefficient (Wildman–Crippen LogP) is 1.88. The fourth-order valence-corrected chi connectivity index (χ4v) is 3.33. The lowest BCUT2D eigenvalue weighted by Crippen LogP contribution is -2.54. The molecule has 2 heterocycles. The molecular weight excluding hydrogens is 212 g/mol. The van der Waals surface area contributed by atoms with E-state index in [9.17, 15) is 4.79 Å². The number of rotatable bonds is 1. The normalized spacial score (nSPS) is 42.8. The van der Waals surface area contributed by atoms with E-state index in [2.05, 4.69) is 37.9 Å². The molecule has 0 bridgehead atoms. The maximum absolute atomic E-state index is 12.7. The molecule has 98 valence electrons. The third-order valence-corrected chi connectivity index (χ3v) is 4.74. The van der Waals surface area contributed by atoms with Gasteiger partial charge >= 0.3 is 0 Å². The number of nitrogens with one attached hydrogen (secondary N) is 1. The monoisotopic (exact) mass is 238 g/mol. The number of nitrogens with zero attached hydrogens (tertiary/aromatic N) is 1. The first kappa shape index (κ1) is 12.9. The molecule has 17 heavy (non-hydrogen) atoms. The number of likely N-dealkylation sites (tertiary alicyclic amines) is 1. The smallest absolute Gasteiger partial charge is 0.230 e. The standard InChI is InChI=1S/C14H26N2O/c1-10-7-11(2)12(3)16(8-10)13(17)14(4)5-6-15-9-14/h10-12,15H,5-9H2,1-4H3. The molecule has 3 nitrogen and oxygen atoms in total. The van der Waals surface area contributed by atoms with Crippen molar-refractivity contribution in [3.8, 4) is 0 Å². The van der Waals surface area contributed by atoms with Gasteiger partial charge in [0.15, 0.2) is 0 Å². The maximum atomic E-state index is 12.7. The Kier molecular flexibility index (Phi) is 3.48.